The number of carbonyl (C=O) groups is 1. The van der Waals surface area contributed by atoms with Crippen molar-refractivity contribution in [1.82, 2.24) is 0 Å². The summed E-state index contributed by atoms with van der Waals surface area (Å²) < 4.78 is 5.44. The van der Waals surface area contributed by atoms with Gasteiger partial charge in [0.25, 0.3) is 0 Å². The van der Waals surface area contributed by atoms with Gasteiger partial charge in [0.05, 0.1) is 5.56 Å². The van der Waals surface area contributed by atoms with Gasteiger partial charge in [-0.2, -0.15) is 0 Å². The summed E-state index contributed by atoms with van der Waals surface area (Å²) in [5, 5.41) is 0. The zero-order chi connectivity index (χ0) is 28.2. The van der Waals surface area contributed by atoms with Gasteiger partial charge in [-0.05, 0) is 60.4 Å². The molecule has 0 aliphatic heterocycles. The van der Waals surface area contributed by atoms with Crippen molar-refractivity contribution in [2.24, 2.45) is 0 Å². The lowest BCUT2D eigenvalue weighted by molar-refractivity contribution is 0.0734. The molecule has 0 aliphatic rings. The molecule has 198 valence electrons. The van der Waals surface area contributed by atoms with Gasteiger partial charge in [0.15, 0.2) is 0 Å². The molecule has 0 aromatic heterocycles. The topological polar surface area (TPSA) is 26.3 Å². The van der Waals surface area contributed by atoms with Crippen LogP contribution in [0.4, 0.5) is 0 Å². The highest BCUT2D eigenvalue weighted by Gasteiger charge is 2.09. The van der Waals surface area contributed by atoms with E-state index in [0.29, 0.717) is 11.3 Å². The van der Waals surface area contributed by atoms with Crippen LogP contribution in [-0.4, -0.2) is 5.97 Å². The lowest BCUT2D eigenvalue weighted by Crippen LogP contribution is -2.08. The third-order valence-corrected chi connectivity index (χ3v) is 4.96. The third-order valence-electron chi connectivity index (χ3n) is 4.96. The number of aryl methyl sites for hydroxylation is 2. The monoisotopic (exact) mass is 498 g/mol. The van der Waals surface area contributed by atoms with Crippen LogP contribution in [0.2, 0.25) is 0 Å². The molecule has 0 radical (unpaired) electrons. The second kappa shape index (κ2) is 19.5. The lowest BCUT2D eigenvalue weighted by Gasteiger charge is -2.07. The standard InChI is InChI=1S/C27H22O2.4C2H6/c1-19-3-7-21(8-4-19)22-9-11-23(12-10-22)24-13-15-25(16-14-24)27(28)29-26-17-5-20(2)6-18-26;4*1-2/h3-18H,1-2H3;4*1-2H3. The summed E-state index contributed by atoms with van der Waals surface area (Å²) in [6, 6.07) is 31.9. The van der Waals surface area contributed by atoms with Gasteiger partial charge in [-0.1, -0.05) is 139 Å². The zero-order valence-corrected chi connectivity index (χ0v) is 24.6. The van der Waals surface area contributed by atoms with Gasteiger partial charge in [-0.25, -0.2) is 4.79 Å². The quantitative estimate of drug-likeness (QED) is 0.206. The van der Waals surface area contributed by atoms with E-state index in [1.54, 1.807) is 24.3 Å². The Labute approximate surface area is 226 Å². The molecule has 0 spiro atoms. The summed E-state index contributed by atoms with van der Waals surface area (Å²) in [5.41, 5.74) is 7.48. The molecule has 37 heavy (non-hydrogen) atoms. The molecular formula is C35H46O2. The maximum absolute atomic E-state index is 12.4. The first-order valence-corrected chi connectivity index (χ1v) is 13.6. The van der Waals surface area contributed by atoms with Crippen LogP contribution in [0.5, 0.6) is 5.75 Å². The van der Waals surface area contributed by atoms with E-state index in [1.807, 2.05) is 86.6 Å². The van der Waals surface area contributed by atoms with Crippen LogP contribution in [0.15, 0.2) is 97.1 Å². The van der Waals surface area contributed by atoms with E-state index in [4.69, 9.17) is 4.74 Å². The van der Waals surface area contributed by atoms with Crippen LogP contribution in [-0.2, 0) is 0 Å². The Kier molecular flexibility index (Phi) is 17.6. The number of carbonyl (C=O) groups excluding carboxylic acids is 1. The fraction of sp³-hybridized carbons (Fsp3) is 0.286. The normalized spacial score (nSPS) is 8.92. The number of ether oxygens (including phenoxy) is 1. The average molecular weight is 499 g/mol. The van der Waals surface area contributed by atoms with Crippen LogP contribution < -0.4 is 4.74 Å². The zero-order valence-electron chi connectivity index (χ0n) is 24.6. The van der Waals surface area contributed by atoms with Crippen molar-refractivity contribution in [1.29, 1.82) is 0 Å². The first-order chi connectivity index (χ1) is 18.1. The molecule has 4 rings (SSSR count). The van der Waals surface area contributed by atoms with Crippen LogP contribution in [0.3, 0.4) is 0 Å². The third kappa shape index (κ3) is 10.9. The van der Waals surface area contributed by atoms with Crippen molar-refractivity contribution in [3.63, 3.8) is 0 Å². The number of hydrogen-bond donors (Lipinski definition) is 0. The number of benzene rings is 4. The Bertz CT molecular complexity index is 1110. The molecule has 0 aliphatic carbocycles. The minimum Gasteiger partial charge on any atom is -0.423 e. The molecular weight excluding hydrogens is 452 g/mol. The fourth-order valence-electron chi connectivity index (χ4n) is 3.17. The Morgan fingerprint density at radius 2 is 0.703 bits per heavy atom. The van der Waals surface area contributed by atoms with E-state index in [9.17, 15) is 4.79 Å². The first-order valence-electron chi connectivity index (χ1n) is 13.6. The number of esters is 1. The molecule has 0 N–H and O–H groups in total. The van der Waals surface area contributed by atoms with Crippen LogP contribution in [0, 0.1) is 13.8 Å². The van der Waals surface area contributed by atoms with E-state index in [-0.39, 0.29) is 5.97 Å². The van der Waals surface area contributed by atoms with E-state index < -0.39 is 0 Å². The highest BCUT2D eigenvalue weighted by atomic mass is 16.5. The fourth-order valence-corrected chi connectivity index (χ4v) is 3.17. The molecule has 0 atom stereocenters. The van der Waals surface area contributed by atoms with Crippen molar-refractivity contribution in [3.8, 4) is 28.0 Å². The molecule has 4 aromatic rings. The van der Waals surface area contributed by atoms with Gasteiger partial charge >= 0.3 is 5.97 Å². The average Bonchev–Trinajstić information content (AvgIpc) is 2.99. The van der Waals surface area contributed by atoms with Crippen molar-refractivity contribution in [3.05, 3.63) is 114 Å². The molecule has 0 amide bonds. The molecule has 2 nitrogen and oxygen atoms in total. The van der Waals surface area contributed by atoms with Crippen molar-refractivity contribution in [2.75, 3.05) is 0 Å². The predicted molar refractivity (Wildman–Crippen MR) is 164 cm³/mol. The summed E-state index contributed by atoms with van der Waals surface area (Å²) in [6.45, 7) is 20.1. The van der Waals surface area contributed by atoms with E-state index in [0.717, 1.165) is 16.7 Å². The molecule has 0 unspecified atom stereocenters. The maximum atomic E-state index is 12.4. The Morgan fingerprint density at radius 3 is 1.05 bits per heavy atom. The van der Waals surface area contributed by atoms with Gasteiger partial charge in [-0.3, -0.25) is 0 Å². The second-order valence-corrected chi connectivity index (χ2v) is 7.22. The molecule has 0 fully saturated rings. The van der Waals surface area contributed by atoms with Crippen molar-refractivity contribution >= 4 is 5.97 Å². The van der Waals surface area contributed by atoms with E-state index in [2.05, 4.69) is 55.5 Å². The molecule has 4 aromatic carbocycles. The Balaban J connectivity index is 0.00000148. The second-order valence-electron chi connectivity index (χ2n) is 7.22. The van der Waals surface area contributed by atoms with Gasteiger partial charge in [0, 0.05) is 0 Å². The van der Waals surface area contributed by atoms with Crippen molar-refractivity contribution in [2.45, 2.75) is 69.2 Å². The van der Waals surface area contributed by atoms with E-state index in [1.165, 1.54) is 16.7 Å². The van der Waals surface area contributed by atoms with Gasteiger partial charge < -0.3 is 4.74 Å². The summed E-state index contributed by atoms with van der Waals surface area (Å²) >= 11 is 0. The summed E-state index contributed by atoms with van der Waals surface area (Å²) in [4.78, 5) is 12.4. The van der Waals surface area contributed by atoms with Gasteiger partial charge in [-0.15, -0.1) is 0 Å². The SMILES string of the molecule is CC.CC.CC.CC.Cc1ccc(OC(=O)c2ccc(-c3ccc(-c4ccc(C)cc4)cc3)cc2)cc1. The highest BCUT2D eigenvalue weighted by molar-refractivity contribution is 5.91. The van der Waals surface area contributed by atoms with Crippen LogP contribution >= 0.6 is 0 Å². The summed E-state index contributed by atoms with van der Waals surface area (Å²) in [7, 11) is 0. The first kappa shape index (κ1) is 33.4. The molecule has 0 heterocycles. The Morgan fingerprint density at radius 1 is 0.432 bits per heavy atom. The van der Waals surface area contributed by atoms with Crippen LogP contribution in [0.1, 0.15) is 76.9 Å². The van der Waals surface area contributed by atoms with Gasteiger partial charge in [0.1, 0.15) is 5.75 Å². The Hall–Kier alpha value is -3.65. The minimum atomic E-state index is -0.352. The maximum Gasteiger partial charge on any atom is 0.343 e. The summed E-state index contributed by atoms with van der Waals surface area (Å²) in [5.74, 6) is 0.200. The van der Waals surface area contributed by atoms with E-state index >= 15 is 0 Å². The highest BCUT2D eigenvalue weighted by Crippen LogP contribution is 2.25. The number of hydrogen-bond acceptors (Lipinski definition) is 2. The molecule has 0 saturated heterocycles. The summed E-state index contributed by atoms with van der Waals surface area (Å²) in [6.07, 6.45) is 0. The lowest BCUT2D eigenvalue weighted by atomic mass is 9.99. The smallest absolute Gasteiger partial charge is 0.343 e. The van der Waals surface area contributed by atoms with Crippen LogP contribution in [0.25, 0.3) is 22.3 Å². The number of rotatable bonds is 4. The van der Waals surface area contributed by atoms with Gasteiger partial charge in [0.2, 0.25) is 0 Å². The predicted octanol–water partition coefficient (Wildman–Crippen LogP) is 11.0. The molecule has 0 saturated carbocycles. The molecule has 2 heteroatoms. The molecule has 0 bridgehead atoms. The largest absolute Gasteiger partial charge is 0.423 e. The minimum absolute atomic E-state index is 0.352. The van der Waals surface area contributed by atoms with Crippen molar-refractivity contribution < 1.29 is 9.53 Å².